The van der Waals surface area contributed by atoms with Crippen molar-refractivity contribution in [1.82, 2.24) is 0 Å². The Morgan fingerprint density at radius 3 is 2.50 bits per heavy atom. The molecule has 18 heavy (non-hydrogen) atoms. The molecule has 0 saturated carbocycles. The lowest BCUT2D eigenvalue weighted by molar-refractivity contribution is 0.716. The molecule has 0 heterocycles. The van der Waals surface area contributed by atoms with Crippen LogP contribution in [0.2, 0.25) is 5.02 Å². The number of aryl methyl sites for hydroxylation is 1. The Balaban J connectivity index is 2.18. The van der Waals surface area contributed by atoms with Gasteiger partial charge >= 0.3 is 0 Å². The summed E-state index contributed by atoms with van der Waals surface area (Å²) in [7, 11) is 0. The molecule has 0 fully saturated rings. The smallest absolute Gasteiger partial charge is 0.0406 e. The van der Waals surface area contributed by atoms with E-state index in [9.17, 15) is 0 Å². The normalized spacial score (nSPS) is 12.4. The third-order valence-corrected chi connectivity index (χ3v) is 3.75. The van der Waals surface area contributed by atoms with Gasteiger partial charge in [0.05, 0.1) is 0 Å². The van der Waals surface area contributed by atoms with E-state index in [4.69, 9.17) is 17.3 Å². The highest BCUT2D eigenvalue weighted by molar-refractivity contribution is 9.10. The molecule has 1 unspecified atom stereocenters. The number of rotatable bonds is 3. The molecule has 0 radical (unpaired) electrons. The zero-order valence-corrected chi connectivity index (χ0v) is 12.5. The zero-order valence-electron chi connectivity index (χ0n) is 10.2. The number of benzene rings is 2. The molecular weight excluding hydrogens is 310 g/mol. The number of nitrogens with two attached hydrogens (primary N) is 1. The van der Waals surface area contributed by atoms with Gasteiger partial charge in [-0.3, -0.25) is 0 Å². The first-order chi connectivity index (χ1) is 8.56. The lowest BCUT2D eigenvalue weighted by Gasteiger charge is -2.15. The minimum Gasteiger partial charge on any atom is -0.324 e. The lowest BCUT2D eigenvalue weighted by Crippen LogP contribution is -2.14. The van der Waals surface area contributed by atoms with Crippen LogP contribution < -0.4 is 5.73 Å². The third-order valence-electron chi connectivity index (χ3n) is 3.01. The van der Waals surface area contributed by atoms with Crippen molar-refractivity contribution in [2.75, 3.05) is 0 Å². The molecule has 2 aromatic rings. The Morgan fingerprint density at radius 1 is 1.17 bits per heavy atom. The topological polar surface area (TPSA) is 26.0 Å². The van der Waals surface area contributed by atoms with Crippen molar-refractivity contribution in [3.8, 4) is 0 Å². The van der Waals surface area contributed by atoms with E-state index in [1.165, 1.54) is 16.7 Å². The van der Waals surface area contributed by atoms with Crippen molar-refractivity contribution >= 4 is 27.5 Å². The molecule has 0 amide bonds. The van der Waals surface area contributed by atoms with Crippen molar-refractivity contribution < 1.29 is 0 Å². The van der Waals surface area contributed by atoms with Crippen molar-refractivity contribution in [2.24, 2.45) is 5.73 Å². The van der Waals surface area contributed by atoms with Crippen LogP contribution >= 0.6 is 27.5 Å². The average Bonchev–Trinajstić information content (AvgIpc) is 2.35. The van der Waals surface area contributed by atoms with Crippen LogP contribution in [0.25, 0.3) is 0 Å². The van der Waals surface area contributed by atoms with Crippen LogP contribution in [0.4, 0.5) is 0 Å². The summed E-state index contributed by atoms with van der Waals surface area (Å²) < 4.78 is 1.06. The van der Waals surface area contributed by atoms with Gasteiger partial charge in [0.25, 0.3) is 0 Å². The molecule has 0 aliphatic carbocycles. The summed E-state index contributed by atoms with van der Waals surface area (Å²) in [6.45, 7) is 2.09. The van der Waals surface area contributed by atoms with Gasteiger partial charge < -0.3 is 5.73 Å². The summed E-state index contributed by atoms with van der Waals surface area (Å²) in [5.41, 5.74) is 9.88. The van der Waals surface area contributed by atoms with Crippen LogP contribution in [0, 0.1) is 6.92 Å². The second-order valence-corrected chi connectivity index (χ2v) is 5.79. The summed E-state index contributed by atoms with van der Waals surface area (Å²) in [6.07, 6.45) is 0.814. The van der Waals surface area contributed by atoms with Crippen LogP contribution in [0.5, 0.6) is 0 Å². The van der Waals surface area contributed by atoms with Gasteiger partial charge in [-0.05, 0) is 54.3 Å². The summed E-state index contributed by atoms with van der Waals surface area (Å²) in [6, 6.07) is 14.1. The highest BCUT2D eigenvalue weighted by Gasteiger charge is 2.10. The maximum atomic E-state index is 6.28. The average molecular weight is 325 g/mol. The van der Waals surface area contributed by atoms with Crippen LogP contribution in [0.15, 0.2) is 46.9 Å². The van der Waals surface area contributed by atoms with Gasteiger partial charge in [0.15, 0.2) is 0 Å². The first-order valence-electron chi connectivity index (χ1n) is 5.82. The van der Waals surface area contributed by atoms with Gasteiger partial charge in [-0.25, -0.2) is 0 Å². The van der Waals surface area contributed by atoms with E-state index >= 15 is 0 Å². The second kappa shape index (κ2) is 5.87. The predicted molar refractivity (Wildman–Crippen MR) is 81.0 cm³/mol. The van der Waals surface area contributed by atoms with Gasteiger partial charge in [0.1, 0.15) is 0 Å². The summed E-state index contributed by atoms with van der Waals surface area (Å²) in [5.74, 6) is 0. The van der Waals surface area contributed by atoms with Gasteiger partial charge in [0.2, 0.25) is 0 Å². The zero-order chi connectivity index (χ0) is 13.1. The van der Waals surface area contributed by atoms with E-state index in [0.717, 1.165) is 15.9 Å². The van der Waals surface area contributed by atoms with E-state index in [2.05, 4.69) is 35.0 Å². The highest BCUT2D eigenvalue weighted by atomic mass is 79.9. The van der Waals surface area contributed by atoms with E-state index in [0.29, 0.717) is 0 Å². The summed E-state index contributed by atoms with van der Waals surface area (Å²) >= 11 is 9.36. The van der Waals surface area contributed by atoms with Crippen molar-refractivity contribution in [2.45, 2.75) is 19.4 Å². The first-order valence-corrected chi connectivity index (χ1v) is 6.99. The van der Waals surface area contributed by atoms with Crippen molar-refractivity contribution in [1.29, 1.82) is 0 Å². The molecule has 0 aromatic heterocycles. The third kappa shape index (κ3) is 3.35. The minimum atomic E-state index is 0.00340. The molecule has 0 saturated heterocycles. The molecule has 1 nitrogen and oxygen atoms in total. The Kier molecular flexibility index (Phi) is 4.44. The maximum absolute atomic E-state index is 6.28. The molecule has 0 bridgehead atoms. The Morgan fingerprint density at radius 2 is 1.83 bits per heavy atom. The fraction of sp³-hybridized carbons (Fsp3) is 0.200. The fourth-order valence-electron chi connectivity index (χ4n) is 2.00. The van der Waals surface area contributed by atoms with Crippen LogP contribution in [0.3, 0.4) is 0 Å². The SMILES string of the molecule is Cc1ccc(Br)cc1C(N)Cc1ccc(Cl)cc1. The molecule has 0 spiro atoms. The lowest BCUT2D eigenvalue weighted by atomic mass is 9.96. The summed E-state index contributed by atoms with van der Waals surface area (Å²) in [5, 5.41) is 0.756. The maximum Gasteiger partial charge on any atom is 0.0406 e. The predicted octanol–water partition coefficient (Wildman–Crippen LogP) is 4.65. The minimum absolute atomic E-state index is 0.00340. The summed E-state index contributed by atoms with van der Waals surface area (Å²) in [4.78, 5) is 0. The molecule has 0 aliphatic rings. The number of hydrogen-bond donors (Lipinski definition) is 1. The molecular formula is C15H15BrClN. The molecule has 3 heteroatoms. The van der Waals surface area contributed by atoms with Crippen LogP contribution in [0.1, 0.15) is 22.7 Å². The van der Waals surface area contributed by atoms with E-state index in [1.54, 1.807) is 0 Å². The Bertz CT molecular complexity index is 537. The van der Waals surface area contributed by atoms with E-state index in [1.807, 2.05) is 30.3 Å². The quantitative estimate of drug-likeness (QED) is 0.873. The van der Waals surface area contributed by atoms with Gasteiger partial charge in [-0.15, -0.1) is 0 Å². The molecule has 1 atom stereocenters. The van der Waals surface area contributed by atoms with E-state index in [-0.39, 0.29) is 6.04 Å². The molecule has 0 aliphatic heterocycles. The monoisotopic (exact) mass is 323 g/mol. The van der Waals surface area contributed by atoms with Gasteiger partial charge in [-0.1, -0.05) is 45.7 Å². The van der Waals surface area contributed by atoms with Gasteiger partial charge in [-0.2, -0.15) is 0 Å². The fourth-order valence-corrected chi connectivity index (χ4v) is 2.50. The Labute approximate surface area is 121 Å². The largest absolute Gasteiger partial charge is 0.324 e. The Hall–Kier alpha value is -0.830. The molecule has 2 aromatic carbocycles. The van der Waals surface area contributed by atoms with Crippen LogP contribution in [-0.4, -0.2) is 0 Å². The first kappa shape index (κ1) is 13.6. The van der Waals surface area contributed by atoms with Crippen molar-refractivity contribution in [3.63, 3.8) is 0 Å². The molecule has 2 rings (SSSR count). The highest BCUT2D eigenvalue weighted by Crippen LogP contribution is 2.24. The van der Waals surface area contributed by atoms with Gasteiger partial charge in [0, 0.05) is 15.5 Å². The molecule has 94 valence electrons. The number of hydrogen-bond acceptors (Lipinski definition) is 1. The van der Waals surface area contributed by atoms with Crippen molar-refractivity contribution in [3.05, 3.63) is 68.7 Å². The van der Waals surface area contributed by atoms with E-state index < -0.39 is 0 Å². The standard InChI is InChI=1S/C15H15BrClN/c1-10-2-5-12(16)9-14(10)15(18)8-11-3-6-13(17)7-4-11/h2-7,9,15H,8,18H2,1H3. The van der Waals surface area contributed by atoms with Crippen LogP contribution in [-0.2, 0) is 6.42 Å². The second-order valence-electron chi connectivity index (χ2n) is 4.44. The number of halogens is 2. The molecule has 2 N–H and O–H groups in total.